The second kappa shape index (κ2) is 6.38. The van der Waals surface area contributed by atoms with E-state index >= 15 is 0 Å². The topological polar surface area (TPSA) is 59.4 Å². The number of aromatic nitrogens is 2. The van der Waals surface area contributed by atoms with Crippen LogP contribution in [-0.4, -0.2) is 58.5 Å². The van der Waals surface area contributed by atoms with E-state index in [0.717, 1.165) is 51.9 Å². The summed E-state index contributed by atoms with van der Waals surface area (Å²) < 4.78 is 7.77. The van der Waals surface area contributed by atoms with Crippen molar-refractivity contribution >= 4 is 5.91 Å². The van der Waals surface area contributed by atoms with Gasteiger partial charge < -0.3 is 15.0 Å². The molecule has 1 spiro atoms. The lowest BCUT2D eigenvalue weighted by molar-refractivity contribution is -0.115. The Balaban J connectivity index is 1.60. The minimum absolute atomic E-state index is 0.0334. The van der Waals surface area contributed by atoms with Crippen LogP contribution in [0.25, 0.3) is 0 Å². The second-order valence-electron chi connectivity index (χ2n) is 6.41. The van der Waals surface area contributed by atoms with Crippen molar-refractivity contribution < 1.29 is 9.53 Å². The molecule has 0 bridgehead atoms. The number of nitrogens with zero attached hydrogens (tertiary/aromatic N) is 3. The van der Waals surface area contributed by atoms with Gasteiger partial charge in [0, 0.05) is 39.0 Å². The van der Waals surface area contributed by atoms with Crippen LogP contribution >= 0.6 is 0 Å². The average Bonchev–Trinajstić information content (AvgIpc) is 2.94. The van der Waals surface area contributed by atoms with Gasteiger partial charge in [0.15, 0.2) is 0 Å². The Morgan fingerprint density at radius 3 is 2.91 bits per heavy atom. The zero-order valence-corrected chi connectivity index (χ0v) is 13.5. The number of piperidine rings is 1. The van der Waals surface area contributed by atoms with Gasteiger partial charge in [0.25, 0.3) is 5.91 Å². The lowest BCUT2D eigenvalue weighted by atomic mass is 9.82. The number of likely N-dealkylation sites (tertiary alicyclic amines) is 1. The lowest BCUT2D eigenvalue weighted by Crippen LogP contribution is -2.54. The molecule has 1 amide bonds. The van der Waals surface area contributed by atoms with Crippen LogP contribution in [0.4, 0.5) is 0 Å². The van der Waals surface area contributed by atoms with Crippen LogP contribution < -0.4 is 5.32 Å². The molecule has 0 aliphatic carbocycles. The Morgan fingerprint density at radius 1 is 1.50 bits per heavy atom. The van der Waals surface area contributed by atoms with Crippen LogP contribution in [0, 0.1) is 0 Å². The monoisotopic (exact) mass is 306 g/mol. The smallest absolute Gasteiger partial charge is 0.272 e. The van der Waals surface area contributed by atoms with Gasteiger partial charge in [-0.2, -0.15) is 5.10 Å². The van der Waals surface area contributed by atoms with Gasteiger partial charge in [-0.1, -0.05) is 6.92 Å². The van der Waals surface area contributed by atoms with Gasteiger partial charge in [-0.25, -0.2) is 0 Å². The van der Waals surface area contributed by atoms with E-state index in [1.165, 1.54) is 0 Å². The summed E-state index contributed by atoms with van der Waals surface area (Å²) in [4.78, 5) is 14.5. The summed E-state index contributed by atoms with van der Waals surface area (Å²) in [5.74, 6) is 0.0777. The fraction of sp³-hybridized carbons (Fsp3) is 0.750. The summed E-state index contributed by atoms with van der Waals surface area (Å²) in [6.07, 6.45) is 5.68. The Labute approximate surface area is 131 Å². The van der Waals surface area contributed by atoms with Gasteiger partial charge >= 0.3 is 0 Å². The number of aryl methyl sites for hydroxylation is 1. The largest absolute Gasteiger partial charge is 0.375 e. The first-order valence-corrected chi connectivity index (χ1v) is 8.28. The Kier molecular flexibility index (Phi) is 4.49. The fourth-order valence-electron chi connectivity index (χ4n) is 3.70. The van der Waals surface area contributed by atoms with Crippen molar-refractivity contribution in [3.05, 3.63) is 18.0 Å². The normalized spacial score (nSPS) is 24.6. The van der Waals surface area contributed by atoms with Crippen molar-refractivity contribution in [3.63, 3.8) is 0 Å². The van der Waals surface area contributed by atoms with Gasteiger partial charge in [0.2, 0.25) is 0 Å². The van der Waals surface area contributed by atoms with Gasteiger partial charge in [0.1, 0.15) is 5.69 Å². The van der Waals surface area contributed by atoms with E-state index in [1.54, 1.807) is 16.9 Å². The van der Waals surface area contributed by atoms with E-state index in [0.29, 0.717) is 11.7 Å². The van der Waals surface area contributed by atoms with E-state index in [2.05, 4.69) is 17.3 Å². The molecule has 2 saturated heterocycles. The minimum atomic E-state index is -0.0334. The molecule has 2 aliphatic heterocycles. The molecule has 2 aliphatic rings. The fourth-order valence-corrected chi connectivity index (χ4v) is 3.70. The molecule has 0 saturated carbocycles. The SMILES string of the molecule is CCN[C@@H]1CCOC2(CCN(C(=O)c3ccnn3C)CC2)C1. The minimum Gasteiger partial charge on any atom is -0.375 e. The van der Waals surface area contributed by atoms with Crippen LogP contribution in [0.5, 0.6) is 0 Å². The predicted molar refractivity (Wildman–Crippen MR) is 83.7 cm³/mol. The number of nitrogens with one attached hydrogen (secondary N) is 1. The van der Waals surface area contributed by atoms with E-state index in [4.69, 9.17) is 4.74 Å². The predicted octanol–water partition coefficient (Wildman–Crippen LogP) is 1.18. The molecule has 3 heterocycles. The van der Waals surface area contributed by atoms with Crippen LogP contribution in [-0.2, 0) is 11.8 Å². The molecule has 122 valence electrons. The number of hydrogen-bond donors (Lipinski definition) is 1. The molecular weight excluding hydrogens is 280 g/mol. The van der Waals surface area contributed by atoms with Crippen LogP contribution in [0.1, 0.15) is 43.1 Å². The highest BCUT2D eigenvalue weighted by atomic mass is 16.5. The first kappa shape index (κ1) is 15.5. The molecule has 6 nitrogen and oxygen atoms in total. The zero-order valence-electron chi connectivity index (χ0n) is 13.5. The summed E-state index contributed by atoms with van der Waals surface area (Å²) in [5, 5.41) is 7.63. The number of hydrogen-bond acceptors (Lipinski definition) is 4. The lowest BCUT2D eigenvalue weighted by Gasteiger charge is -2.46. The van der Waals surface area contributed by atoms with Crippen molar-refractivity contribution in [3.8, 4) is 0 Å². The standard InChI is InChI=1S/C16H26N4O2/c1-3-17-13-5-11-22-16(12-13)6-9-20(10-7-16)15(21)14-4-8-18-19(14)2/h4,8,13,17H,3,5-7,9-12H2,1-2H3/t13-/m1/s1. The molecule has 3 rings (SSSR count). The summed E-state index contributed by atoms with van der Waals surface area (Å²) in [6, 6.07) is 2.34. The molecule has 0 aromatic carbocycles. The maximum absolute atomic E-state index is 12.5. The van der Waals surface area contributed by atoms with Crippen LogP contribution in [0.15, 0.2) is 12.3 Å². The summed E-state index contributed by atoms with van der Waals surface area (Å²) in [6.45, 7) is 5.52. The van der Waals surface area contributed by atoms with Gasteiger partial charge in [-0.3, -0.25) is 9.48 Å². The molecule has 1 aromatic heterocycles. The number of carbonyl (C=O) groups is 1. The first-order chi connectivity index (χ1) is 10.6. The summed E-state index contributed by atoms with van der Waals surface area (Å²) in [5.41, 5.74) is 0.625. The Bertz CT molecular complexity index is 518. The molecule has 0 unspecified atom stereocenters. The van der Waals surface area contributed by atoms with Crippen molar-refractivity contribution in [1.82, 2.24) is 20.0 Å². The average molecular weight is 306 g/mol. The number of amides is 1. The maximum Gasteiger partial charge on any atom is 0.272 e. The van der Waals surface area contributed by atoms with E-state index in [9.17, 15) is 4.79 Å². The third kappa shape index (κ3) is 3.03. The maximum atomic E-state index is 12.5. The molecule has 1 atom stereocenters. The molecular formula is C16H26N4O2. The third-order valence-corrected chi connectivity index (χ3v) is 4.99. The second-order valence-corrected chi connectivity index (χ2v) is 6.41. The number of rotatable bonds is 3. The molecule has 22 heavy (non-hydrogen) atoms. The van der Waals surface area contributed by atoms with Crippen molar-refractivity contribution in [2.45, 2.75) is 44.2 Å². The Morgan fingerprint density at radius 2 is 2.27 bits per heavy atom. The molecule has 1 aromatic rings. The zero-order chi connectivity index (χ0) is 15.6. The van der Waals surface area contributed by atoms with Gasteiger partial charge in [-0.05, 0) is 38.3 Å². The van der Waals surface area contributed by atoms with Gasteiger partial charge in [-0.15, -0.1) is 0 Å². The molecule has 6 heteroatoms. The Hall–Kier alpha value is -1.40. The van der Waals surface area contributed by atoms with Crippen molar-refractivity contribution in [2.24, 2.45) is 7.05 Å². The summed E-state index contributed by atoms with van der Waals surface area (Å²) in [7, 11) is 1.81. The quantitative estimate of drug-likeness (QED) is 0.911. The molecule has 0 radical (unpaired) electrons. The molecule has 2 fully saturated rings. The van der Waals surface area contributed by atoms with E-state index in [1.807, 2.05) is 11.9 Å². The highest BCUT2D eigenvalue weighted by Gasteiger charge is 2.41. The van der Waals surface area contributed by atoms with Crippen molar-refractivity contribution in [1.29, 1.82) is 0 Å². The highest BCUT2D eigenvalue weighted by Crippen LogP contribution is 2.35. The van der Waals surface area contributed by atoms with Crippen molar-refractivity contribution in [2.75, 3.05) is 26.2 Å². The van der Waals surface area contributed by atoms with Crippen LogP contribution in [0.3, 0.4) is 0 Å². The number of carbonyl (C=O) groups excluding carboxylic acids is 1. The summed E-state index contributed by atoms with van der Waals surface area (Å²) >= 11 is 0. The number of ether oxygens (including phenoxy) is 1. The van der Waals surface area contributed by atoms with E-state index < -0.39 is 0 Å². The van der Waals surface area contributed by atoms with E-state index in [-0.39, 0.29) is 11.5 Å². The highest BCUT2D eigenvalue weighted by molar-refractivity contribution is 5.92. The van der Waals surface area contributed by atoms with Crippen LogP contribution in [0.2, 0.25) is 0 Å². The molecule has 1 N–H and O–H groups in total. The van der Waals surface area contributed by atoms with Gasteiger partial charge in [0.05, 0.1) is 5.60 Å². The first-order valence-electron chi connectivity index (χ1n) is 8.28. The third-order valence-electron chi connectivity index (χ3n) is 4.99.